The normalized spacial score (nSPS) is 24.7. The van der Waals surface area contributed by atoms with Crippen molar-refractivity contribution in [3.63, 3.8) is 0 Å². The number of carbonyl (C=O) groups excluding carboxylic acids is 2. The van der Waals surface area contributed by atoms with E-state index < -0.39 is 11.1 Å². The molecule has 5 nitrogen and oxygen atoms in total. The van der Waals surface area contributed by atoms with Crippen LogP contribution in [0.15, 0.2) is 24.3 Å². The molecule has 1 aromatic carbocycles. The number of amides is 2. The van der Waals surface area contributed by atoms with Gasteiger partial charge in [0.2, 0.25) is 11.8 Å². The molecular formula is C18H23FN2O3. The van der Waals surface area contributed by atoms with E-state index in [0.717, 1.165) is 24.8 Å². The van der Waals surface area contributed by atoms with E-state index in [1.54, 1.807) is 17.0 Å². The van der Waals surface area contributed by atoms with Gasteiger partial charge in [-0.05, 0) is 43.4 Å². The summed E-state index contributed by atoms with van der Waals surface area (Å²) in [5.41, 5.74) is -0.333. The summed E-state index contributed by atoms with van der Waals surface area (Å²) in [6.45, 7) is 1.82. The second-order valence-electron chi connectivity index (χ2n) is 6.97. The number of hydrogen-bond donors (Lipinski definition) is 2. The summed E-state index contributed by atoms with van der Waals surface area (Å²) >= 11 is 0. The van der Waals surface area contributed by atoms with Crippen molar-refractivity contribution < 1.29 is 19.1 Å². The Balaban J connectivity index is 1.71. The van der Waals surface area contributed by atoms with E-state index in [1.165, 1.54) is 19.1 Å². The zero-order chi connectivity index (χ0) is 17.4. The van der Waals surface area contributed by atoms with Gasteiger partial charge < -0.3 is 15.3 Å². The third-order valence-electron chi connectivity index (χ3n) is 5.29. The summed E-state index contributed by atoms with van der Waals surface area (Å²) in [6.07, 6.45) is 3.13. The fourth-order valence-electron chi connectivity index (χ4n) is 3.82. The molecule has 2 N–H and O–H groups in total. The minimum absolute atomic E-state index is 0.0893. The number of hydrogen-bond acceptors (Lipinski definition) is 3. The van der Waals surface area contributed by atoms with E-state index in [1.807, 2.05) is 0 Å². The molecule has 3 rings (SSSR count). The maximum atomic E-state index is 13.1. The van der Waals surface area contributed by atoms with Gasteiger partial charge in [-0.25, -0.2) is 4.39 Å². The average molecular weight is 334 g/mol. The summed E-state index contributed by atoms with van der Waals surface area (Å²) in [4.78, 5) is 26.0. The van der Waals surface area contributed by atoms with Crippen molar-refractivity contribution in [2.45, 2.75) is 50.1 Å². The first kappa shape index (κ1) is 16.9. The molecule has 2 aliphatic rings. The average Bonchev–Trinajstić information content (AvgIpc) is 3.19. The van der Waals surface area contributed by atoms with E-state index in [-0.39, 0.29) is 30.7 Å². The van der Waals surface area contributed by atoms with Crippen LogP contribution in [0.4, 0.5) is 4.39 Å². The van der Waals surface area contributed by atoms with Gasteiger partial charge in [0.1, 0.15) is 5.82 Å². The van der Waals surface area contributed by atoms with Gasteiger partial charge in [0.05, 0.1) is 24.1 Å². The maximum absolute atomic E-state index is 13.1. The van der Waals surface area contributed by atoms with Crippen LogP contribution >= 0.6 is 0 Å². The molecule has 1 atom stereocenters. The molecule has 1 aromatic rings. The Bertz CT molecular complexity index is 642. The number of nitrogens with one attached hydrogen (secondary N) is 1. The highest BCUT2D eigenvalue weighted by atomic mass is 19.1. The van der Waals surface area contributed by atoms with Crippen LogP contribution in [0.2, 0.25) is 0 Å². The predicted molar refractivity (Wildman–Crippen MR) is 86.5 cm³/mol. The van der Waals surface area contributed by atoms with E-state index >= 15 is 0 Å². The number of aliphatic hydroxyl groups is 1. The van der Waals surface area contributed by atoms with Crippen molar-refractivity contribution >= 4 is 11.8 Å². The number of likely N-dealkylation sites (tertiary alicyclic amines) is 1. The maximum Gasteiger partial charge on any atom is 0.223 e. The summed E-state index contributed by atoms with van der Waals surface area (Å²) in [5, 5.41) is 12.9. The Labute approximate surface area is 140 Å². The smallest absolute Gasteiger partial charge is 0.223 e. The third kappa shape index (κ3) is 3.02. The SMILES string of the molecule is CC(=O)N1CCC[C@@]1(CO)CC(=O)NC1(c2ccc(F)cc2)CC1. The molecule has 1 heterocycles. The molecule has 1 aliphatic carbocycles. The highest BCUT2D eigenvalue weighted by Crippen LogP contribution is 2.46. The summed E-state index contributed by atoms with van der Waals surface area (Å²) < 4.78 is 13.1. The predicted octanol–water partition coefficient (Wildman–Crippen LogP) is 1.69. The fourth-order valence-corrected chi connectivity index (χ4v) is 3.82. The molecule has 1 aliphatic heterocycles. The van der Waals surface area contributed by atoms with E-state index in [9.17, 15) is 19.1 Å². The second kappa shape index (κ2) is 6.16. The summed E-state index contributed by atoms with van der Waals surface area (Å²) in [5.74, 6) is -0.601. The monoisotopic (exact) mass is 334 g/mol. The molecule has 0 aromatic heterocycles. The Hall–Kier alpha value is -1.95. The zero-order valence-electron chi connectivity index (χ0n) is 13.8. The standard InChI is InChI=1S/C18H23FN2O3/c1-13(23)21-10-2-7-17(21,12-22)11-16(24)20-18(8-9-18)14-3-5-15(19)6-4-14/h3-6,22H,2,7-12H2,1H3,(H,20,24)/t17-/m0/s1. The Morgan fingerprint density at radius 1 is 1.25 bits per heavy atom. The molecule has 24 heavy (non-hydrogen) atoms. The van der Waals surface area contributed by atoms with Crippen molar-refractivity contribution in [2.75, 3.05) is 13.2 Å². The molecule has 1 saturated carbocycles. The largest absolute Gasteiger partial charge is 0.394 e. The van der Waals surface area contributed by atoms with Crippen LogP contribution in [0.3, 0.4) is 0 Å². The Morgan fingerprint density at radius 2 is 1.92 bits per heavy atom. The summed E-state index contributed by atoms with van der Waals surface area (Å²) in [6, 6.07) is 6.18. The van der Waals surface area contributed by atoms with Crippen molar-refractivity contribution in [2.24, 2.45) is 0 Å². The molecule has 0 bridgehead atoms. The molecule has 0 radical (unpaired) electrons. The van der Waals surface area contributed by atoms with E-state index in [0.29, 0.717) is 13.0 Å². The van der Waals surface area contributed by atoms with Gasteiger partial charge in [0.25, 0.3) is 0 Å². The van der Waals surface area contributed by atoms with Gasteiger partial charge in [-0.3, -0.25) is 9.59 Å². The first-order valence-electron chi connectivity index (χ1n) is 8.37. The molecule has 0 unspecified atom stereocenters. The number of halogens is 1. The highest BCUT2D eigenvalue weighted by molar-refractivity contribution is 5.81. The summed E-state index contributed by atoms with van der Waals surface area (Å²) in [7, 11) is 0. The molecule has 1 saturated heterocycles. The number of benzene rings is 1. The molecule has 2 fully saturated rings. The van der Waals surface area contributed by atoms with Crippen molar-refractivity contribution in [3.05, 3.63) is 35.6 Å². The van der Waals surface area contributed by atoms with Crippen LogP contribution in [0.5, 0.6) is 0 Å². The van der Waals surface area contributed by atoms with Gasteiger partial charge in [0, 0.05) is 13.5 Å². The van der Waals surface area contributed by atoms with Gasteiger partial charge >= 0.3 is 0 Å². The van der Waals surface area contributed by atoms with E-state index in [2.05, 4.69) is 5.32 Å². The Kier molecular flexibility index (Phi) is 4.34. The van der Waals surface area contributed by atoms with Crippen molar-refractivity contribution in [1.29, 1.82) is 0 Å². The molecule has 2 amide bonds. The molecule has 6 heteroatoms. The highest BCUT2D eigenvalue weighted by Gasteiger charge is 2.48. The van der Waals surface area contributed by atoms with Crippen LogP contribution < -0.4 is 5.32 Å². The molecule has 0 spiro atoms. The van der Waals surface area contributed by atoms with Crippen molar-refractivity contribution in [1.82, 2.24) is 10.2 Å². The minimum atomic E-state index is -0.797. The lowest BCUT2D eigenvalue weighted by atomic mass is 9.91. The third-order valence-corrected chi connectivity index (χ3v) is 5.29. The number of aliphatic hydroxyl groups excluding tert-OH is 1. The lowest BCUT2D eigenvalue weighted by molar-refractivity contribution is -0.137. The van der Waals surface area contributed by atoms with Gasteiger partial charge in [0.15, 0.2) is 0 Å². The second-order valence-corrected chi connectivity index (χ2v) is 6.97. The topological polar surface area (TPSA) is 69.6 Å². The Morgan fingerprint density at radius 3 is 2.46 bits per heavy atom. The van der Waals surface area contributed by atoms with Crippen LogP contribution in [0.1, 0.15) is 44.6 Å². The first-order valence-corrected chi connectivity index (χ1v) is 8.37. The van der Waals surface area contributed by atoms with Crippen LogP contribution in [0.25, 0.3) is 0 Å². The van der Waals surface area contributed by atoms with Gasteiger partial charge in [-0.2, -0.15) is 0 Å². The van der Waals surface area contributed by atoms with Crippen LogP contribution in [-0.4, -0.2) is 40.5 Å². The van der Waals surface area contributed by atoms with Gasteiger partial charge in [-0.1, -0.05) is 12.1 Å². The quantitative estimate of drug-likeness (QED) is 0.861. The van der Waals surface area contributed by atoms with Crippen LogP contribution in [-0.2, 0) is 15.1 Å². The molecular weight excluding hydrogens is 311 g/mol. The van der Waals surface area contributed by atoms with Gasteiger partial charge in [-0.15, -0.1) is 0 Å². The van der Waals surface area contributed by atoms with Crippen LogP contribution in [0, 0.1) is 5.82 Å². The number of rotatable bonds is 5. The zero-order valence-corrected chi connectivity index (χ0v) is 13.8. The van der Waals surface area contributed by atoms with E-state index in [4.69, 9.17) is 0 Å². The number of nitrogens with zero attached hydrogens (tertiary/aromatic N) is 1. The number of carbonyl (C=O) groups is 2. The first-order chi connectivity index (χ1) is 11.4. The fraction of sp³-hybridized carbons (Fsp3) is 0.556. The van der Waals surface area contributed by atoms with Crippen molar-refractivity contribution in [3.8, 4) is 0 Å². The lowest BCUT2D eigenvalue weighted by Crippen LogP contribution is -2.52. The minimum Gasteiger partial charge on any atom is -0.394 e. The molecule has 130 valence electrons. The lowest BCUT2D eigenvalue weighted by Gasteiger charge is -2.36.